The van der Waals surface area contributed by atoms with Gasteiger partial charge in [-0.15, -0.1) is 0 Å². The maximum atomic E-state index is 10.00. The van der Waals surface area contributed by atoms with Crippen molar-refractivity contribution in [2.75, 3.05) is 0 Å². The summed E-state index contributed by atoms with van der Waals surface area (Å²) in [4.78, 5) is 10.00. The lowest BCUT2D eigenvalue weighted by atomic mass is 10.1. The van der Waals surface area contributed by atoms with Crippen molar-refractivity contribution in [2.24, 2.45) is 5.92 Å². The van der Waals surface area contributed by atoms with Gasteiger partial charge in [0.15, 0.2) is 0 Å². The highest BCUT2D eigenvalue weighted by Crippen LogP contribution is 2.00. The predicted octanol–water partition coefficient (Wildman–Crippen LogP) is 2.34. The highest BCUT2D eigenvalue weighted by molar-refractivity contribution is 5.50. The molecule has 0 saturated carbocycles. The van der Waals surface area contributed by atoms with Crippen molar-refractivity contribution in [2.45, 2.75) is 20.3 Å². The summed E-state index contributed by atoms with van der Waals surface area (Å²) >= 11 is 0. The first kappa shape index (κ1) is 9.15. The van der Waals surface area contributed by atoms with Crippen LogP contribution in [0, 0.1) is 5.92 Å². The average Bonchev–Trinajstić information content (AvgIpc) is 1.89. The molecule has 1 nitrogen and oxygen atoms in total. The minimum Gasteiger partial charge on any atom is -0.303 e. The third-order valence-corrected chi connectivity index (χ3v) is 1.21. The van der Waals surface area contributed by atoms with Crippen LogP contribution < -0.4 is 0 Å². The van der Waals surface area contributed by atoms with Crippen LogP contribution in [-0.2, 0) is 4.79 Å². The molecule has 0 spiro atoms. The molecule has 0 radical (unpaired) electrons. The van der Waals surface area contributed by atoms with Gasteiger partial charge in [-0.3, -0.25) is 0 Å². The van der Waals surface area contributed by atoms with Crippen molar-refractivity contribution in [3.63, 3.8) is 0 Å². The molecule has 0 rings (SSSR count). The Morgan fingerprint density at radius 3 is 2.60 bits per heavy atom. The summed E-state index contributed by atoms with van der Waals surface area (Å²) in [5.41, 5.74) is 0. The molecule has 0 aromatic rings. The topological polar surface area (TPSA) is 17.1 Å². The van der Waals surface area contributed by atoms with Crippen LogP contribution in [0.25, 0.3) is 0 Å². The van der Waals surface area contributed by atoms with E-state index in [4.69, 9.17) is 0 Å². The van der Waals surface area contributed by atoms with E-state index < -0.39 is 0 Å². The van der Waals surface area contributed by atoms with Gasteiger partial charge in [-0.1, -0.05) is 31.2 Å². The molecule has 10 heavy (non-hydrogen) atoms. The van der Waals surface area contributed by atoms with Crippen LogP contribution in [0.5, 0.6) is 0 Å². The molecule has 0 amide bonds. The smallest absolute Gasteiger partial charge is 0.120 e. The van der Waals surface area contributed by atoms with Gasteiger partial charge in [0.05, 0.1) is 0 Å². The summed E-state index contributed by atoms with van der Waals surface area (Å²) < 4.78 is 0. The molecule has 0 aromatic carbocycles. The molecule has 56 valence electrons. The van der Waals surface area contributed by atoms with E-state index in [0.29, 0.717) is 12.3 Å². The van der Waals surface area contributed by atoms with Gasteiger partial charge >= 0.3 is 0 Å². The van der Waals surface area contributed by atoms with E-state index in [9.17, 15) is 4.79 Å². The molecule has 0 aliphatic heterocycles. The van der Waals surface area contributed by atoms with Crippen LogP contribution >= 0.6 is 0 Å². The van der Waals surface area contributed by atoms with Gasteiger partial charge in [0, 0.05) is 6.42 Å². The van der Waals surface area contributed by atoms with Gasteiger partial charge < -0.3 is 4.79 Å². The SMILES string of the molecule is C/C=C/C=C/C(C)CC=O. The Labute approximate surface area is 62.4 Å². The Kier molecular flexibility index (Phi) is 5.74. The summed E-state index contributed by atoms with van der Waals surface area (Å²) in [5, 5.41) is 0. The molecule has 0 bridgehead atoms. The first-order valence-corrected chi connectivity index (χ1v) is 3.54. The molecular formula is C9H14O. The Hall–Kier alpha value is -0.850. The number of hydrogen-bond donors (Lipinski definition) is 0. The number of carbonyl (C=O) groups excluding carboxylic acids is 1. The predicted molar refractivity (Wildman–Crippen MR) is 43.8 cm³/mol. The number of rotatable bonds is 4. The van der Waals surface area contributed by atoms with E-state index in [2.05, 4.69) is 0 Å². The third-order valence-electron chi connectivity index (χ3n) is 1.21. The van der Waals surface area contributed by atoms with Gasteiger partial charge in [-0.25, -0.2) is 0 Å². The maximum absolute atomic E-state index is 10.00. The minimum absolute atomic E-state index is 0.369. The Morgan fingerprint density at radius 1 is 1.40 bits per heavy atom. The highest BCUT2D eigenvalue weighted by Gasteiger charge is 1.91. The van der Waals surface area contributed by atoms with Crippen LogP contribution in [0.4, 0.5) is 0 Å². The summed E-state index contributed by atoms with van der Waals surface area (Å²) in [6, 6.07) is 0. The molecule has 0 aliphatic carbocycles. The molecule has 0 N–H and O–H groups in total. The lowest BCUT2D eigenvalue weighted by Gasteiger charge is -1.95. The molecule has 1 unspecified atom stereocenters. The Morgan fingerprint density at radius 2 is 2.10 bits per heavy atom. The van der Waals surface area contributed by atoms with E-state index in [-0.39, 0.29) is 0 Å². The zero-order chi connectivity index (χ0) is 7.82. The van der Waals surface area contributed by atoms with Crippen LogP contribution in [0.2, 0.25) is 0 Å². The fraction of sp³-hybridized carbons (Fsp3) is 0.444. The largest absolute Gasteiger partial charge is 0.303 e. The first-order valence-electron chi connectivity index (χ1n) is 3.54. The molecule has 1 atom stereocenters. The van der Waals surface area contributed by atoms with Gasteiger partial charge in [-0.2, -0.15) is 0 Å². The number of carbonyl (C=O) groups is 1. The van der Waals surface area contributed by atoms with Crippen molar-refractivity contribution in [3.8, 4) is 0 Å². The summed E-state index contributed by atoms with van der Waals surface area (Å²) in [5.74, 6) is 0.369. The normalized spacial score (nSPS) is 14.6. The highest BCUT2D eigenvalue weighted by atomic mass is 16.1. The Balaban J connectivity index is 3.54. The fourth-order valence-corrected chi connectivity index (χ4v) is 0.595. The van der Waals surface area contributed by atoms with Crippen molar-refractivity contribution in [1.82, 2.24) is 0 Å². The molecular weight excluding hydrogens is 124 g/mol. The monoisotopic (exact) mass is 138 g/mol. The zero-order valence-corrected chi connectivity index (χ0v) is 6.58. The average molecular weight is 138 g/mol. The second-order valence-corrected chi connectivity index (χ2v) is 2.29. The van der Waals surface area contributed by atoms with E-state index in [0.717, 1.165) is 6.29 Å². The van der Waals surface area contributed by atoms with Crippen LogP contribution in [0.15, 0.2) is 24.3 Å². The van der Waals surface area contributed by atoms with Crippen LogP contribution in [-0.4, -0.2) is 6.29 Å². The summed E-state index contributed by atoms with van der Waals surface area (Å²) in [7, 11) is 0. The lowest BCUT2D eigenvalue weighted by molar-refractivity contribution is -0.108. The van der Waals surface area contributed by atoms with Crippen LogP contribution in [0.1, 0.15) is 20.3 Å². The standard InChI is InChI=1S/C9H14O/c1-3-4-5-6-9(2)7-8-10/h3-6,8-9H,7H2,1-2H3/b4-3+,6-5+. The van der Waals surface area contributed by atoms with Crippen molar-refractivity contribution in [3.05, 3.63) is 24.3 Å². The Bertz CT molecular complexity index is 134. The van der Waals surface area contributed by atoms with E-state index in [1.807, 2.05) is 38.2 Å². The van der Waals surface area contributed by atoms with Gasteiger partial charge in [0.1, 0.15) is 6.29 Å². The molecule has 0 heterocycles. The fourth-order valence-electron chi connectivity index (χ4n) is 0.595. The number of hydrogen-bond acceptors (Lipinski definition) is 1. The lowest BCUT2D eigenvalue weighted by Crippen LogP contribution is -1.88. The van der Waals surface area contributed by atoms with Gasteiger partial charge in [-0.05, 0) is 12.8 Å². The van der Waals surface area contributed by atoms with Gasteiger partial charge in [0.25, 0.3) is 0 Å². The first-order chi connectivity index (χ1) is 4.81. The molecule has 1 heteroatoms. The number of aldehydes is 1. The van der Waals surface area contributed by atoms with E-state index in [1.165, 1.54) is 0 Å². The summed E-state index contributed by atoms with van der Waals surface area (Å²) in [6.07, 6.45) is 9.48. The van der Waals surface area contributed by atoms with E-state index in [1.54, 1.807) is 0 Å². The summed E-state index contributed by atoms with van der Waals surface area (Å²) in [6.45, 7) is 3.99. The number of allylic oxidation sites excluding steroid dienone is 4. The zero-order valence-electron chi connectivity index (χ0n) is 6.58. The second kappa shape index (κ2) is 6.27. The third kappa shape index (κ3) is 5.29. The van der Waals surface area contributed by atoms with E-state index >= 15 is 0 Å². The van der Waals surface area contributed by atoms with Gasteiger partial charge in [0.2, 0.25) is 0 Å². The minimum atomic E-state index is 0.369. The molecule has 0 aromatic heterocycles. The van der Waals surface area contributed by atoms with Crippen molar-refractivity contribution in [1.29, 1.82) is 0 Å². The maximum Gasteiger partial charge on any atom is 0.120 e. The molecule has 0 fully saturated rings. The molecule has 0 saturated heterocycles. The molecule has 0 aliphatic rings. The van der Waals surface area contributed by atoms with Crippen LogP contribution in [0.3, 0.4) is 0 Å². The van der Waals surface area contributed by atoms with Crippen molar-refractivity contribution < 1.29 is 4.79 Å². The van der Waals surface area contributed by atoms with Crippen molar-refractivity contribution >= 4 is 6.29 Å². The second-order valence-electron chi connectivity index (χ2n) is 2.29. The quantitative estimate of drug-likeness (QED) is 0.430.